The summed E-state index contributed by atoms with van der Waals surface area (Å²) in [6, 6.07) is 0. The second kappa shape index (κ2) is 9.66. The van der Waals surface area contributed by atoms with Crippen molar-refractivity contribution in [2.45, 2.75) is 83.4 Å². The highest BCUT2D eigenvalue weighted by atomic mass is 35.5. The second-order valence-electron chi connectivity index (χ2n) is 5.55. The molecule has 0 amide bonds. The molecule has 0 aromatic heterocycles. The maximum absolute atomic E-state index is 11.2. The largest absolute Gasteiger partial charge is 0.480 e. The van der Waals surface area contributed by atoms with Crippen LogP contribution in [0.3, 0.4) is 0 Å². The molecule has 0 spiro atoms. The molecule has 0 aromatic rings. The summed E-state index contributed by atoms with van der Waals surface area (Å²) in [4.78, 5) is 10.1. The van der Waals surface area contributed by atoms with Crippen LogP contribution in [0.5, 0.6) is 0 Å². The van der Waals surface area contributed by atoms with Crippen LogP contribution in [0.4, 0.5) is 0 Å². The van der Waals surface area contributed by atoms with Crippen LogP contribution < -0.4 is 0 Å². The van der Waals surface area contributed by atoms with E-state index in [0.29, 0.717) is 6.42 Å². The number of aliphatic carboxylic acids is 1. The minimum absolute atomic E-state index is 0.0266. The van der Waals surface area contributed by atoms with Gasteiger partial charge in [0.1, 0.15) is 4.87 Å². The van der Waals surface area contributed by atoms with Crippen molar-refractivity contribution in [2.75, 3.05) is 0 Å². The van der Waals surface area contributed by atoms with Gasteiger partial charge in [0.2, 0.25) is 0 Å². The van der Waals surface area contributed by atoms with Gasteiger partial charge in [-0.2, -0.15) is 0 Å². The molecule has 108 valence electrons. The third-order valence-corrected chi connectivity index (χ3v) is 4.45. The molecule has 0 saturated carbocycles. The Balaban J connectivity index is 3.66. The molecule has 0 radical (unpaired) electrons. The van der Waals surface area contributed by atoms with E-state index in [4.69, 9.17) is 11.6 Å². The average molecular weight is 277 g/mol. The van der Waals surface area contributed by atoms with Gasteiger partial charge in [0.05, 0.1) is 0 Å². The van der Waals surface area contributed by atoms with Gasteiger partial charge in [-0.25, -0.2) is 0 Å². The molecule has 0 fully saturated rings. The fourth-order valence-corrected chi connectivity index (χ4v) is 2.29. The third kappa shape index (κ3) is 6.63. The van der Waals surface area contributed by atoms with E-state index in [2.05, 4.69) is 6.92 Å². The Bertz CT molecular complexity index is 229. The van der Waals surface area contributed by atoms with Gasteiger partial charge < -0.3 is 5.11 Å². The highest BCUT2D eigenvalue weighted by Crippen LogP contribution is 2.31. The molecule has 18 heavy (non-hydrogen) atoms. The van der Waals surface area contributed by atoms with Crippen LogP contribution in [0.15, 0.2) is 0 Å². The Hall–Kier alpha value is -0.240. The first-order valence-electron chi connectivity index (χ1n) is 7.37. The lowest BCUT2D eigenvalue weighted by Crippen LogP contribution is -2.37. The zero-order chi connectivity index (χ0) is 14.0. The average Bonchev–Trinajstić information content (AvgIpc) is 2.31. The first-order valence-corrected chi connectivity index (χ1v) is 7.75. The maximum Gasteiger partial charge on any atom is 0.325 e. The van der Waals surface area contributed by atoms with E-state index in [-0.39, 0.29) is 5.92 Å². The molecule has 1 N–H and O–H groups in total. The highest BCUT2D eigenvalue weighted by Gasteiger charge is 2.38. The molecule has 0 aliphatic carbocycles. The maximum atomic E-state index is 11.2. The lowest BCUT2D eigenvalue weighted by Gasteiger charge is -2.26. The zero-order valence-electron chi connectivity index (χ0n) is 12.2. The van der Waals surface area contributed by atoms with Gasteiger partial charge in [0.15, 0.2) is 0 Å². The summed E-state index contributed by atoms with van der Waals surface area (Å²) < 4.78 is 0. The number of hydrogen-bond donors (Lipinski definition) is 1. The summed E-state index contributed by atoms with van der Waals surface area (Å²) in [5, 5.41) is 9.17. The third-order valence-electron chi connectivity index (χ3n) is 3.66. The van der Waals surface area contributed by atoms with Crippen LogP contribution in [-0.2, 0) is 4.79 Å². The standard InChI is InChI=1S/C15H29ClO2/c1-4-5-6-7-8-9-10-11-12-15(16,13(2)3)14(17)18/h13H,4-12H2,1-3H3,(H,17,18). The minimum atomic E-state index is -1.07. The minimum Gasteiger partial charge on any atom is -0.480 e. The summed E-state index contributed by atoms with van der Waals surface area (Å²) in [6.07, 6.45) is 10.3. The fraction of sp³-hybridized carbons (Fsp3) is 0.933. The Kier molecular flexibility index (Phi) is 9.53. The molecule has 1 atom stereocenters. The number of alkyl halides is 1. The molecule has 0 heterocycles. The number of hydrogen-bond acceptors (Lipinski definition) is 1. The Morgan fingerprint density at radius 1 is 1.06 bits per heavy atom. The smallest absolute Gasteiger partial charge is 0.325 e. The highest BCUT2D eigenvalue weighted by molar-refractivity contribution is 6.33. The van der Waals surface area contributed by atoms with E-state index in [0.717, 1.165) is 12.8 Å². The number of carbonyl (C=O) groups is 1. The van der Waals surface area contributed by atoms with Crippen LogP contribution in [0, 0.1) is 5.92 Å². The van der Waals surface area contributed by atoms with Crippen LogP contribution in [0.25, 0.3) is 0 Å². The van der Waals surface area contributed by atoms with Crippen molar-refractivity contribution >= 4 is 17.6 Å². The van der Waals surface area contributed by atoms with E-state index in [1.165, 1.54) is 38.5 Å². The molecule has 0 saturated heterocycles. The van der Waals surface area contributed by atoms with Crippen LogP contribution in [-0.4, -0.2) is 16.0 Å². The zero-order valence-corrected chi connectivity index (χ0v) is 12.9. The van der Waals surface area contributed by atoms with Crippen LogP contribution >= 0.6 is 11.6 Å². The summed E-state index contributed by atoms with van der Waals surface area (Å²) in [5.41, 5.74) is 0. The molecule has 3 heteroatoms. The van der Waals surface area contributed by atoms with E-state index in [1.807, 2.05) is 13.8 Å². The van der Waals surface area contributed by atoms with Crippen LogP contribution in [0.2, 0.25) is 0 Å². The van der Waals surface area contributed by atoms with Crippen molar-refractivity contribution in [3.05, 3.63) is 0 Å². The number of carboxylic acids is 1. The lowest BCUT2D eigenvalue weighted by atomic mass is 9.89. The Labute approximate surface area is 117 Å². The van der Waals surface area contributed by atoms with Gasteiger partial charge in [-0.1, -0.05) is 72.1 Å². The van der Waals surface area contributed by atoms with Gasteiger partial charge in [0.25, 0.3) is 0 Å². The summed E-state index contributed by atoms with van der Waals surface area (Å²) >= 11 is 6.19. The van der Waals surface area contributed by atoms with Gasteiger partial charge >= 0.3 is 5.97 Å². The molecule has 0 rings (SSSR count). The predicted molar refractivity (Wildman–Crippen MR) is 78.3 cm³/mol. The van der Waals surface area contributed by atoms with Crippen LogP contribution in [0.1, 0.15) is 78.6 Å². The van der Waals surface area contributed by atoms with Crippen molar-refractivity contribution < 1.29 is 9.90 Å². The lowest BCUT2D eigenvalue weighted by molar-refractivity contribution is -0.141. The van der Waals surface area contributed by atoms with Gasteiger partial charge in [-0.15, -0.1) is 11.6 Å². The normalized spacial score (nSPS) is 14.7. The van der Waals surface area contributed by atoms with Crippen molar-refractivity contribution in [3.8, 4) is 0 Å². The van der Waals surface area contributed by atoms with Crippen molar-refractivity contribution in [1.82, 2.24) is 0 Å². The Morgan fingerprint density at radius 2 is 1.50 bits per heavy atom. The first-order chi connectivity index (χ1) is 8.45. The SMILES string of the molecule is CCCCCCCCCCC(Cl)(C(=O)O)C(C)C. The number of halogens is 1. The van der Waals surface area contributed by atoms with Crippen molar-refractivity contribution in [3.63, 3.8) is 0 Å². The molecular formula is C15H29ClO2. The summed E-state index contributed by atoms with van der Waals surface area (Å²) in [5.74, 6) is -0.900. The quantitative estimate of drug-likeness (QED) is 0.414. The summed E-state index contributed by atoms with van der Waals surface area (Å²) in [6.45, 7) is 5.98. The van der Waals surface area contributed by atoms with E-state index in [1.54, 1.807) is 0 Å². The Morgan fingerprint density at radius 3 is 1.89 bits per heavy atom. The fourth-order valence-electron chi connectivity index (χ4n) is 2.16. The molecule has 0 aromatic carbocycles. The first kappa shape index (κ1) is 17.8. The second-order valence-corrected chi connectivity index (χ2v) is 6.22. The van der Waals surface area contributed by atoms with E-state index < -0.39 is 10.8 Å². The summed E-state index contributed by atoms with van der Waals surface area (Å²) in [7, 11) is 0. The monoisotopic (exact) mass is 276 g/mol. The van der Waals surface area contributed by atoms with Gasteiger partial charge in [-0.3, -0.25) is 4.79 Å². The van der Waals surface area contributed by atoms with E-state index in [9.17, 15) is 9.90 Å². The molecule has 0 aliphatic heterocycles. The number of carboxylic acid groups (broad SMARTS) is 1. The van der Waals surface area contributed by atoms with Crippen molar-refractivity contribution in [1.29, 1.82) is 0 Å². The molecule has 0 aliphatic rings. The predicted octanol–water partition coefficient (Wildman–Crippen LogP) is 5.24. The van der Waals surface area contributed by atoms with Crippen molar-refractivity contribution in [2.24, 2.45) is 5.92 Å². The number of rotatable bonds is 11. The topological polar surface area (TPSA) is 37.3 Å². The van der Waals surface area contributed by atoms with Gasteiger partial charge in [0, 0.05) is 0 Å². The van der Waals surface area contributed by atoms with E-state index >= 15 is 0 Å². The molecule has 0 bridgehead atoms. The number of unbranched alkanes of at least 4 members (excludes halogenated alkanes) is 7. The van der Waals surface area contributed by atoms with Gasteiger partial charge in [-0.05, 0) is 12.3 Å². The molecule has 1 unspecified atom stereocenters. The molecule has 2 nitrogen and oxygen atoms in total. The molecular weight excluding hydrogens is 248 g/mol.